The van der Waals surface area contributed by atoms with Gasteiger partial charge in [-0.2, -0.15) is 0 Å². The molecule has 2 aromatic rings. The molecule has 1 atom stereocenters. The number of hydrogen-bond donors (Lipinski definition) is 1. The van der Waals surface area contributed by atoms with Crippen LogP contribution in [0, 0.1) is 5.41 Å². The molecule has 0 radical (unpaired) electrons. The summed E-state index contributed by atoms with van der Waals surface area (Å²) in [6, 6.07) is 14.7. The van der Waals surface area contributed by atoms with Crippen molar-refractivity contribution in [2.45, 2.75) is 32.7 Å². The molecule has 0 spiro atoms. The van der Waals surface area contributed by atoms with Crippen molar-refractivity contribution >= 4 is 23.4 Å². The van der Waals surface area contributed by atoms with Crippen molar-refractivity contribution in [3.8, 4) is 11.5 Å². The Balaban J connectivity index is 2.12. The molecule has 0 bridgehead atoms. The standard InChI is InChI=1S/C25H33ClN2O4/c1-25(2,17-26)24(30)27-20(15-18-9-7-6-8-10-18)23(29)28(3)14-13-19-11-12-21(31-4)22(16-19)32-5/h6-12,16,20H,13-15,17H2,1-5H3,(H,27,30). The fraction of sp³-hybridized carbons (Fsp3) is 0.440. The van der Waals surface area contributed by atoms with Crippen LogP contribution in [0.2, 0.25) is 0 Å². The van der Waals surface area contributed by atoms with Crippen LogP contribution in [-0.4, -0.2) is 56.4 Å². The lowest BCUT2D eigenvalue weighted by Crippen LogP contribution is -2.52. The maximum absolute atomic E-state index is 13.3. The van der Waals surface area contributed by atoms with Gasteiger partial charge >= 0.3 is 0 Å². The number of carbonyl (C=O) groups excluding carboxylic acids is 2. The second-order valence-corrected chi connectivity index (χ2v) is 8.70. The molecule has 0 aliphatic heterocycles. The van der Waals surface area contributed by atoms with E-state index in [1.165, 1.54) is 0 Å². The van der Waals surface area contributed by atoms with Crippen molar-refractivity contribution in [3.05, 3.63) is 59.7 Å². The zero-order valence-electron chi connectivity index (χ0n) is 19.5. The van der Waals surface area contributed by atoms with Gasteiger partial charge in [-0.1, -0.05) is 36.4 Å². The predicted octanol–water partition coefficient (Wildman–Crippen LogP) is 3.70. The van der Waals surface area contributed by atoms with Gasteiger partial charge < -0.3 is 19.7 Å². The zero-order valence-corrected chi connectivity index (χ0v) is 20.2. The first-order chi connectivity index (χ1) is 15.2. The van der Waals surface area contributed by atoms with Gasteiger partial charge in [0.05, 0.1) is 19.6 Å². The highest BCUT2D eigenvalue weighted by Crippen LogP contribution is 2.27. The Bertz CT molecular complexity index is 902. The highest BCUT2D eigenvalue weighted by atomic mass is 35.5. The molecule has 1 unspecified atom stereocenters. The van der Waals surface area contributed by atoms with E-state index in [1.54, 1.807) is 40.0 Å². The Morgan fingerprint density at radius 1 is 1.03 bits per heavy atom. The first-order valence-electron chi connectivity index (χ1n) is 10.6. The van der Waals surface area contributed by atoms with Crippen LogP contribution >= 0.6 is 11.6 Å². The molecule has 0 saturated carbocycles. The second kappa shape index (κ2) is 11.8. The number of carbonyl (C=O) groups is 2. The average Bonchev–Trinajstić information content (AvgIpc) is 2.81. The lowest BCUT2D eigenvalue weighted by molar-refractivity contribution is -0.137. The molecular formula is C25H33ClN2O4. The van der Waals surface area contributed by atoms with Gasteiger partial charge in [0.1, 0.15) is 6.04 Å². The normalized spacial score (nSPS) is 12.1. The van der Waals surface area contributed by atoms with E-state index in [1.807, 2.05) is 48.5 Å². The van der Waals surface area contributed by atoms with Gasteiger partial charge in [0, 0.05) is 25.9 Å². The van der Waals surface area contributed by atoms with Crippen LogP contribution < -0.4 is 14.8 Å². The third kappa shape index (κ3) is 6.89. The van der Waals surface area contributed by atoms with Crippen LogP contribution in [0.5, 0.6) is 11.5 Å². The number of ether oxygens (including phenoxy) is 2. The van der Waals surface area contributed by atoms with Gasteiger partial charge in [-0.05, 0) is 43.5 Å². The lowest BCUT2D eigenvalue weighted by atomic mass is 9.94. The number of hydrogen-bond acceptors (Lipinski definition) is 4. The van der Waals surface area contributed by atoms with Crippen molar-refractivity contribution in [2.24, 2.45) is 5.41 Å². The minimum atomic E-state index is -0.769. The summed E-state index contributed by atoms with van der Waals surface area (Å²) < 4.78 is 10.6. The van der Waals surface area contributed by atoms with Crippen molar-refractivity contribution in [1.82, 2.24) is 10.2 Å². The van der Waals surface area contributed by atoms with Gasteiger partial charge in [-0.15, -0.1) is 11.6 Å². The number of nitrogens with one attached hydrogen (secondary N) is 1. The summed E-state index contributed by atoms with van der Waals surface area (Å²) >= 11 is 5.96. The van der Waals surface area contributed by atoms with E-state index in [2.05, 4.69) is 5.32 Å². The molecule has 0 fully saturated rings. The van der Waals surface area contributed by atoms with E-state index in [9.17, 15) is 9.59 Å². The zero-order chi connectivity index (χ0) is 23.7. The quantitative estimate of drug-likeness (QED) is 0.519. The first-order valence-corrected chi connectivity index (χ1v) is 11.1. The molecule has 1 N–H and O–H groups in total. The monoisotopic (exact) mass is 460 g/mol. The number of halogens is 1. The van der Waals surface area contributed by atoms with Gasteiger partial charge in [-0.25, -0.2) is 0 Å². The van der Waals surface area contributed by atoms with Gasteiger partial charge in [0.2, 0.25) is 11.8 Å². The summed E-state index contributed by atoms with van der Waals surface area (Å²) in [5.74, 6) is 1.09. The molecule has 2 amide bonds. The number of likely N-dealkylation sites (N-methyl/N-ethyl adjacent to an activating group) is 1. The molecule has 2 rings (SSSR count). The summed E-state index contributed by atoms with van der Waals surface area (Å²) in [6.45, 7) is 4.02. The maximum atomic E-state index is 13.3. The minimum Gasteiger partial charge on any atom is -0.493 e. The summed E-state index contributed by atoms with van der Waals surface area (Å²) in [5.41, 5.74) is 1.23. The summed E-state index contributed by atoms with van der Waals surface area (Å²) in [4.78, 5) is 27.7. The Hall–Kier alpha value is -2.73. The van der Waals surface area contributed by atoms with E-state index < -0.39 is 11.5 Å². The fourth-order valence-electron chi connectivity index (χ4n) is 3.17. The first kappa shape index (κ1) is 25.5. The molecule has 0 aliphatic rings. The SMILES string of the molecule is COc1ccc(CCN(C)C(=O)C(Cc2ccccc2)NC(=O)C(C)(C)CCl)cc1OC. The van der Waals surface area contributed by atoms with Crippen molar-refractivity contribution in [3.63, 3.8) is 0 Å². The highest BCUT2D eigenvalue weighted by Gasteiger charge is 2.32. The third-order valence-electron chi connectivity index (χ3n) is 5.39. The lowest BCUT2D eigenvalue weighted by Gasteiger charge is -2.28. The Kier molecular flexibility index (Phi) is 9.39. The number of amides is 2. The largest absolute Gasteiger partial charge is 0.493 e. The fourth-order valence-corrected chi connectivity index (χ4v) is 3.29. The topological polar surface area (TPSA) is 67.9 Å². The smallest absolute Gasteiger partial charge is 0.245 e. The average molecular weight is 461 g/mol. The molecule has 0 aliphatic carbocycles. The molecule has 32 heavy (non-hydrogen) atoms. The third-order valence-corrected chi connectivity index (χ3v) is 6.06. The van der Waals surface area contributed by atoms with Crippen LogP contribution in [0.25, 0.3) is 0 Å². The minimum absolute atomic E-state index is 0.145. The number of benzene rings is 2. The molecule has 2 aromatic carbocycles. The van der Waals surface area contributed by atoms with Crippen LogP contribution in [0.3, 0.4) is 0 Å². The Morgan fingerprint density at radius 3 is 2.28 bits per heavy atom. The van der Waals surface area contributed by atoms with Crippen molar-refractivity contribution < 1.29 is 19.1 Å². The molecule has 0 aromatic heterocycles. The van der Waals surface area contributed by atoms with E-state index in [0.717, 1.165) is 11.1 Å². The van der Waals surface area contributed by atoms with Gasteiger partial charge in [0.25, 0.3) is 0 Å². The summed E-state index contributed by atoms with van der Waals surface area (Å²) in [7, 11) is 4.94. The Morgan fingerprint density at radius 2 is 1.69 bits per heavy atom. The number of alkyl halides is 1. The van der Waals surface area contributed by atoms with Gasteiger partial charge in [0.15, 0.2) is 11.5 Å². The number of methoxy groups -OCH3 is 2. The summed E-state index contributed by atoms with van der Waals surface area (Å²) in [5, 5.41) is 2.92. The van der Waals surface area contributed by atoms with Crippen LogP contribution in [-0.2, 0) is 22.4 Å². The molecule has 6 nitrogen and oxygen atoms in total. The Labute approximate surface area is 195 Å². The number of rotatable bonds is 11. The molecule has 0 saturated heterocycles. The van der Waals surface area contributed by atoms with Crippen LogP contribution in [0.4, 0.5) is 0 Å². The summed E-state index contributed by atoms with van der Waals surface area (Å²) in [6.07, 6.45) is 1.05. The molecule has 174 valence electrons. The van der Waals surface area contributed by atoms with Crippen molar-refractivity contribution in [2.75, 3.05) is 33.7 Å². The molecular weight excluding hydrogens is 428 g/mol. The number of nitrogens with zero attached hydrogens (tertiary/aromatic N) is 1. The van der Waals surface area contributed by atoms with E-state index in [-0.39, 0.29) is 17.7 Å². The molecule has 7 heteroatoms. The molecule has 0 heterocycles. The van der Waals surface area contributed by atoms with Crippen LogP contribution in [0.15, 0.2) is 48.5 Å². The second-order valence-electron chi connectivity index (χ2n) is 8.43. The predicted molar refractivity (Wildman–Crippen MR) is 127 cm³/mol. The van der Waals surface area contributed by atoms with E-state index in [4.69, 9.17) is 21.1 Å². The highest BCUT2D eigenvalue weighted by molar-refractivity contribution is 6.19. The van der Waals surface area contributed by atoms with Crippen LogP contribution in [0.1, 0.15) is 25.0 Å². The van der Waals surface area contributed by atoms with E-state index in [0.29, 0.717) is 30.9 Å². The van der Waals surface area contributed by atoms with Gasteiger partial charge in [-0.3, -0.25) is 9.59 Å². The maximum Gasteiger partial charge on any atom is 0.245 e. The van der Waals surface area contributed by atoms with E-state index >= 15 is 0 Å². The van der Waals surface area contributed by atoms with Crippen molar-refractivity contribution in [1.29, 1.82) is 0 Å².